The minimum atomic E-state index is -3.71. The van der Waals surface area contributed by atoms with Gasteiger partial charge in [0.1, 0.15) is 6.54 Å². The summed E-state index contributed by atoms with van der Waals surface area (Å²) in [7, 11) is -0.174. The molecule has 11 heteroatoms. The predicted molar refractivity (Wildman–Crippen MR) is 131 cm³/mol. The van der Waals surface area contributed by atoms with Crippen molar-refractivity contribution < 1.29 is 13.2 Å². The van der Waals surface area contributed by atoms with E-state index in [9.17, 15) is 22.8 Å². The lowest BCUT2D eigenvalue weighted by atomic mass is 10.2. The molecule has 2 N–H and O–H groups in total. The van der Waals surface area contributed by atoms with Crippen LogP contribution in [0.2, 0.25) is 0 Å². The van der Waals surface area contributed by atoms with E-state index in [0.717, 1.165) is 23.8 Å². The van der Waals surface area contributed by atoms with Crippen LogP contribution in [0.3, 0.4) is 0 Å². The molecule has 180 valence electrons. The molecule has 10 nitrogen and oxygen atoms in total. The molecule has 0 atom stereocenters. The van der Waals surface area contributed by atoms with Crippen molar-refractivity contribution in [3.8, 4) is 0 Å². The van der Waals surface area contributed by atoms with Crippen molar-refractivity contribution in [2.45, 2.75) is 30.7 Å². The molecule has 0 bridgehead atoms. The summed E-state index contributed by atoms with van der Waals surface area (Å²) < 4.78 is 28.5. The molecular formula is C23H27N5O5S. The summed E-state index contributed by atoms with van der Waals surface area (Å²) in [4.78, 5) is 42.4. The maximum Gasteiger partial charge on any atom is 0.329 e. The quantitative estimate of drug-likeness (QED) is 0.546. The van der Waals surface area contributed by atoms with E-state index in [-0.39, 0.29) is 10.6 Å². The molecule has 3 aromatic rings. The highest BCUT2D eigenvalue weighted by atomic mass is 32.2. The first-order valence-corrected chi connectivity index (χ1v) is 12.5. The molecule has 1 fully saturated rings. The number of anilines is 2. The fourth-order valence-corrected chi connectivity index (χ4v) is 5.64. The molecule has 1 saturated heterocycles. The molecule has 0 unspecified atom stereocenters. The number of piperidine rings is 1. The summed E-state index contributed by atoms with van der Waals surface area (Å²) in [5.41, 5.74) is -0.0272. The Labute approximate surface area is 196 Å². The van der Waals surface area contributed by atoms with E-state index >= 15 is 0 Å². The number of H-pyrrole nitrogens is 1. The van der Waals surface area contributed by atoms with Gasteiger partial charge in [0, 0.05) is 27.2 Å². The smallest absolute Gasteiger partial charge is 0.329 e. The van der Waals surface area contributed by atoms with Crippen LogP contribution >= 0.6 is 0 Å². The minimum Gasteiger partial charge on any atom is -0.376 e. The van der Waals surface area contributed by atoms with Gasteiger partial charge in [-0.05, 0) is 43.2 Å². The lowest BCUT2D eigenvalue weighted by Crippen LogP contribution is -2.38. The van der Waals surface area contributed by atoms with Gasteiger partial charge in [-0.25, -0.2) is 13.2 Å². The van der Waals surface area contributed by atoms with E-state index in [4.69, 9.17) is 0 Å². The van der Waals surface area contributed by atoms with Gasteiger partial charge in [0.2, 0.25) is 15.9 Å². The second-order valence-corrected chi connectivity index (χ2v) is 10.4. The number of nitrogens with one attached hydrogen (secondary N) is 2. The average Bonchev–Trinajstić information content (AvgIpc) is 2.82. The average molecular weight is 486 g/mol. The van der Waals surface area contributed by atoms with Crippen LogP contribution in [0.15, 0.2) is 56.9 Å². The van der Waals surface area contributed by atoms with Gasteiger partial charge in [-0.15, -0.1) is 0 Å². The first-order valence-electron chi connectivity index (χ1n) is 11.0. The van der Waals surface area contributed by atoms with E-state index in [2.05, 4.69) is 10.3 Å². The largest absolute Gasteiger partial charge is 0.376 e. The molecule has 0 saturated carbocycles. The summed E-state index contributed by atoms with van der Waals surface area (Å²) in [6.45, 7) is 0.412. The Morgan fingerprint density at radius 3 is 2.47 bits per heavy atom. The van der Waals surface area contributed by atoms with Gasteiger partial charge in [-0.2, -0.15) is 4.31 Å². The van der Waals surface area contributed by atoms with Crippen molar-refractivity contribution in [3.05, 3.63) is 63.3 Å². The molecule has 0 spiro atoms. The monoisotopic (exact) mass is 485 g/mol. The second kappa shape index (κ2) is 9.43. The molecule has 4 rings (SSSR count). The highest BCUT2D eigenvalue weighted by molar-refractivity contribution is 7.89. The van der Waals surface area contributed by atoms with Gasteiger partial charge in [-0.3, -0.25) is 14.2 Å². The van der Waals surface area contributed by atoms with Crippen molar-refractivity contribution in [2.75, 3.05) is 37.4 Å². The fraction of sp³-hybridized carbons (Fsp3) is 0.348. The zero-order valence-corrected chi connectivity index (χ0v) is 19.9. The third kappa shape index (κ3) is 4.62. The van der Waals surface area contributed by atoms with E-state index < -0.39 is 33.7 Å². The van der Waals surface area contributed by atoms with Gasteiger partial charge in [0.25, 0.3) is 5.56 Å². The molecule has 34 heavy (non-hydrogen) atoms. The molecule has 1 aromatic heterocycles. The molecule has 2 aromatic carbocycles. The maximum absolute atomic E-state index is 13.1. The number of hydrogen-bond donors (Lipinski definition) is 2. The third-order valence-corrected chi connectivity index (χ3v) is 7.76. The number of aromatic amines is 1. The molecule has 1 amide bonds. The number of sulfonamides is 1. The van der Waals surface area contributed by atoms with E-state index in [1.54, 1.807) is 49.3 Å². The van der Waals surface area contributed by atoms with Gasteiger partial charge < -0.3 is 15.2 Å². The summed E-state index contributed by atoms with van der Waals surface area (Å²) in [5.74, 6) is -0.626. The minimum absolute atomic E-state index is 0.0796. The van der Waals surface area contributed by atoms with E-state index in [1.807, 2.05) is 0 Å². The van der Waals surface area contributed by atoms with Gasteiger partial charge >= 0.3 is 5.69 Å². The van der Waals surface area contributed by atoms with Crippen LogP contribution < -0.4 is 21.5 Å². The van der Waals surface area contributed by atoms with Crippen LogP contribution in [0.4, 0.5) is 11.4 Å². The maximum atomic E-state index is 13.1. The van der Waals surface area contributed by atoms with E-state index in [0.29, 0.717) is 29.7 Å². The second-order valence-electron chi connectivity index (χ2n) is 8.45. The van der Waals surface area contributed by atoms with Crippen LogP contribution in [-0.2, 0) is 21.4 Å². The first-order chi connectivity index (χ1) is 16.2. The van der Waals surface area contributed by atoms with E-state index in [1.165, 1.54) is 16.4 Å². The number of amides is 1. The SMILES string of the molecule is CN(C)c1ccc(S(=O)(=O)N2CCCCC2)cc1NC(=O)Cn1c(=O)[nH]c2ccccc2c1=O. The first kappa shape index (κ1) is 23.7. The number of rotatable bonds is 6. The summed E-state index contributed by atoms with van der Waals surface area (Å²) in [6.07, 6.45) is 2.63. The number of fused-ring (bicyclic) bond motifs is 1. The Morgan fingerprint density at radius 1 is 1.06 bits per heavy atom. The highest BCUT2D eigenvalue weighted by Gasteiger charge is 2.27. The number of hydrogen-bond acceptors (Lipinski definition) is 6. The highest BCUT2D eigenvalue weighted by Crippen LogP contribution is 2.30. The Hall–Kier alpha value is -3.44. The topological polar surface area (TPSA) is 125 Å². The standard InChI is InChI=1S/C23H27N5O5S/c1-26(2)20-11-10-16(34(32,33)27-12-6-3-7-13-27)14-19(20)24-21(29)15-28-22(30)17-8-4-5-9-18(17)25-23(28)31/h4-5,8-11,14H,3,6-7,12-13,15H2,1-2H3,(H,24,29)(H,25,31). The number of para-hydroxylation sites is 1. The summed E-state index contributed by atoms with van der Waals surface area (Å²) in [6, 6.07) is 11.1. The lowest BCUT2D eigenvalue weighted by Gasteiger charge is -2.26. The van der Waals surface area contributed by atoms with Crippen molar-refractivity contribution >= 4 is 38.2 Å². The molecule has 1 aliphatic rings. The Kier molecular flexibility index (Phi) is 6.58. The van der Waals surface area contributed by atoms with Crippen molar-refractivity contribution in [2.24, 2.45) is 0 Å². The molecule has 0 aliphatic carbocycles. The number of nitrogens with zero attached hydrogens (tertiary/aromatic N) is 3. The van der Waals surface area contributed by atoms with Crippen molar-refractivity contribution in [3.63, 3.8) is 0 Å². The van der Waals surface area contributed by atoms with Crippen LogP contribution in [-0.4, -0.2) is 55.4 Å². The number of aromatic nitrogens is 2. The van der Waals surface area contributed by atoms with Crippen LogP contribution in [0.5, 0.6) is 0 Å². The summed E-state index contributed by atoms with van der Waals surface area (Å²) in [5, 5.41) is 2.97. The third-order valence-electron chi connectivity index (χ3n) is 5.87. The number of benzene rings is 2. The van der Waals surface area contributed by atoms with Gasteiger partial charge in [0.15, 0.2) is 0 Å². The number of carbonyl (C=O) groups is 1. The van der Waals surface area contributed by atoms with Crippen LogP contribution in [0, 0.1) is 0 Å². The fourth-order valence-electron chi connectivity index (χ4n) is 4.10. The van der Waals surface area contributed by atoms with Crippen LogP contribution in [0.25, 0.3) is 10.9 Å². The predicted octanol–water partition coefficient (Wildman–Crippen LogP) is 1.57. The van der Waals surface area contributed by atoms with Gasteiger partial charge in [-0.1, -0.05) is 18.6 Å². The molecule has 1 aliphatic heterocycles. The van der Waals surface area contributed by atoms with Crippen LogP contribution in [0.1, 0.15) is 19.3 Å². The normalized spacial score (nSPS) is 14.8. The zero-order chi connectivity index (χ0) is 24.5. The molecule has 0 radical (unpaired) electrons. The number of carbonyl (C=O) groups excluding carboxylic acids is 1. The van der Waals surface area contributed by atoms with Crippen molar-refractivity contribution in [1.82, 2.24) is 13.9 Å². The van der Waals surface area contributed by atoms with Crippen molar-refractivity contribution in [1.29, 1.82) is 0 Å². The molecule has 2 heterocycles. The van der Waals surface area contributed by atoms with Gasteiger partial charge in [0.05, 0.1) is 27.2 Å². The molecular weight excluding hydrogens is 458 g/mol. The summed E-state index contributed by atoms with van der Waals surface area (Å²) >= 11 is 0. The lowest BCUT2D eigenvalue weighted by molar-refractivity contribution is -0.116. The zero-order valence-electron chi connectivity index (χ0n) is 19.1. The Bertz CT molecular complexity index is 1450. The Balaban J connectivity index is 1.65. The Morgan fingerprint density at radius 2 is 1.76 bits per heavy atom.